The van der Waals surface area contributed by atoms with Crippen molar-refractivity contribution < 1.29 is 21.1 Å². The largest absolute Gasteiger partial charge is 0.497 e. The zero-order valence-electron chi connectivity index (χ0n) is 45.5. The molecule has 1 aliphatic rings. The number of rotatable bonds is 10. The number of quaternary nitrogens is 1. The Kier molecular flexibility index (Phi) is 14.1. The smallest absolute Gasteiger partial charge is 0.144 e. The van der Waals surface area contributed by atoms with Crippen LogP contribution in [0.1, 0.15) is 124 Å². The fraction of sp³-hybridized carbons (Fsp3) is 0.265. The molecule has 0 N–H and O–H groups in total. The predicted molar refractivity (Wildman–Crippen MR) is 311 cm³/mol. The molecule has 74 heavy (non-hydrogen) atoms. The number of anilines is 2. The number of para-hydroxylation sites is 3. The van der Waals surface area contributed by atoms with Crippen molar-refractivity contribution in [2.45, 2.75) is 113 Å². The molecule has 0 spiro atoms. The number of nitrogens with zero attached hydrogens (tertiary/aromatic N) is 5. The van der Waals surface area contributed by atoms with Crippen LogP contribution in [0.4, 0.5) is 34.1 Å². The molecule has 0 amide bonds. The third kappa shape index (κ3) is 9.48. The Morgan fingerprint density at radius 3 is 1.76 bits per heavy atom. The van der Waals surface area contributed by atoms with E-state index in [0.29, 0.717) is 11.8 Å². The number of hydrogen-bond donors (Lipinski definition) is 0. The van der Waals surface area contributed by atoms with Gasteiger partial charge in [0.15, 0.2) is 0 Å². The van der Waals surface area contributed by atoms with E-state index in [1.54, 1.807) is 0 Å². The van der Waals surface area contributed by atoms with E-state index in [1.165, 1.54) is 39.1 Å². The Morgan fingerprint density at radius 1 is 0.541 bits per heavy atom. The molecule has 0 saturated heterocycles. The monoisotopic (exact) mass is 1150 g/mol. The summed E-state index contributed by atoms with van der Waals surface area (Å²) in [4.78, 5) is 9.87. The van der Waals surface area contributed by atoms with Crippen LogP contribution in [0.5, 0.6) is 0 Å². The maximum atomic E-state index is 5.20. The molecule has 9 aromatic rings. The topological polar surface area (TPSA) is 24.3 Å². The van der Waals surface area contributed by atoms with Crippen LogP contribution in [0.15, 0.2) is 182 Å². The summed E-state index contributed by atoms with van der Waals surface area (Å²) in [5, 5.41) is 2.27. The minimum atomic E-state index is -0.214. The molecule has 1 aliphatic heterocycles. The standard InChI is InChI=1S/C68H71N5.Pt/c1-46(2)57-31-23-32-58(47(3)4)65(57)48-36-37-69-64(38-48)72-61-33-21-20-30-59(61)60-35-34-55(43-62(60)72)73(53-26-16-14-17-27-53,54-28-18-15-19-29-54)56-41-50(67(8,9)10)40-52(42-56)71-45-70(44-63(71)68(11,12)13)51-25-22-24-49(39-51)66(5,6)7;/h14-41,44-47H,1-13H3;/q-2;. The second-order valence-electron chi connectivity index (χ2n) is 23.7. The Labute approximate surface area is 456 Å². The van der Waals surface area contributed by atoms with Gasteiger partial charge in [0, 0.05) is 85.2 Å². The molecular formula is C68H71N5Pt-2. The molecule has 0 aliphatic carbocycles. The molecule has 0 radical (unpaired) electrons. The van der Waals surface area contributed by atoms with Crippen LogP contribution < -0.4 is 14.3 Å². The van der Waals surface area contributed by atoms with Crippen molar-refractivity contribution in [3.8, 4) is 16.9 Å². The van der Waals surface area contributed by atoms with Crippen molar-refractivity contribution in [3.63, 3.8) is 0 Å². The molecular weight excluding hydrogens is 1080 g/mol. The Bertz CT molecular complexity index is 3440. The molecule has 7 aromatic carbocycles. The second-order valence-corrected chi connectivity index (χ2v) is 23.7. The molecule has 0 unspecified atom stereocenters. The van der Waals surface area contributed by atoms with E-state index in [0.717, 1.165) is 61.7 Å². The van der Waals surface area contributed by atoms with Crippen molar-refractivity contribution in [1.29, 1.82) is 0 Å². The van der Waals surface area contributed by atoms with Crippen LogP contribution in [0, 0.1) is 24.2 Å². The summed E-state index contributed by atoms with van der Waals surface area (Å²) in [6.07, 6.45) is 4.29. The molecule has 5 nitrogen and oxygen atoms in total. The van der Waals surface area contributed by atoms with Crippen LogP contribution in [0.2, 0.25) is 0 Å². The molecule has 3 heterocycles. The van der Waals surface area contributed by atoms with Crippen molar-refractivity contribution in [2.75, 3.05) is 9.80 Å². The number of benzene rings is 7. The fourth-order valence-corrected chi connectivity index (χ4v) is 10.8. The summed E-state index contributed by atoms with van der Waals surface area (Å²) < 4.78 is 2.56. The van der Waals surface area contributed by atoms with Gasteiger partial charge in [0.2, 0.25) is 0 Å². The predicted octanol–water partition coefficient (Wildman–Crippen LogP) is 18.9. The van der Waals surface area contributed by atoms with Crippen LogP contribution >= 0.6 is 0 Å². The van der Waals surface area contributed by atoms with E-state index < -0.39 is 0 Å². The SMILES string of the molecule is CC(C)c1cccc(C(C)C)c1-c1ccnc(-n2c3[c-]c([N+](c4[c-]c(N5[CH-]N(c6cccc(C(C)(C)C)c6)C=C5C(C)(C)C)cc(C(C)(C)C)c4)(c4ccccc4)c4ccccc4)ccc3c3ccccc32)c1.[Pt]. The molecule has 10 rings (SSSR count). The van der Waals surface area contributed by atoms with Gasteiger partial charge in [-0.15, -0.1) is 35.8 Å². The Balaban J connectivity index is 0.00000672. The normalized spacial score (nSPS) is 13.6. The van der Waals surface area contributed by atoms with Gasteiger partial charge in [0.05, 0.1) is 0 Å². The van der Waals surface area contributed by atoms with Crippen LogP contribution in [-0.2, 0) is 31.9 Å². The zero-order valence-corrected chi connectivity index (χ0v) is 47.8. The van der Waals surface area contributed by atoms with E-state index in [9.17, 15) is 0 Å². The number of fused-ring (bicyclic) bond motifs is 3. The maximum Gasteiger partial charge on any atom is 0.144 e. The summed E-state index contributed by atoms with van der Waals surface area (Å²) >= 11 is 0. The van der Waals surface area contributed by atoms with Gasteiger partial charge < -0.3 is 14.4 Å². The van der Waals surface area contributed by atoms with E-state index in [-0.39, 0.29) is 41.8 Å². The first-order valence-electron chi connectivity index (χ1n) is 26.1. The quantitative estimate of drug-likeness (QED) is 0.101. The van der Waals surface area contributed by atoms with Crippen molar-refractivity contribution in [1.82, 2.24) is 14.0 Å². The molecule has 0 atom stereocenters. The summed E-state index contributed by atoms with van der Waals surface area (Å²) in [6.45, 7) is 32.1. The summed E-state index contributed by atoms with van der Waals surface area (Å²) in [5.41, 5.74) is 16.7. The first-order valence-corrected chi connectivity index (χ1v) is 26.1. The number of pyridine rings is 1. The maximum absolute atomic E-state index is 5.20. The van der Waals surface area contributed by atoms with E-state index in [1.807, 2.05) is 6.20 Å². The van der Waals surface area contributed by atoms with Crippen LogP contribution in [0.3, 0.4) is 0 Å². The van der Waals surface area contributed by atoms with Gasteiger partial charge in [-0.05, 0) is 92.4 Å². The van der Waals surface area contributed by atoms with Gasteiger partial charge in [-0.3, -0.25) is 0 Å². The minimum Gasteiger partial charge on any atom is -0.497 e. The molecule has 2 aromatic heterocycles. The summed E-state index contributed by atoms with van der Waals surface area (Å²) in [6, 6.07) is 68.5. The first kappa shape index (κ1) is 52.3. The molecule has 380 valence electrons. The van der Waals surface area contributed by atoms with Gasteiger partial charge in [-0.25, -0.2) is 9.47 Å². The van der Waals surface area contributed by atoms with Crippen molar-refractivity contribution in [3.05, 3.63) is 223 Å². The minimum absolute atomic E-state index is 0. The van der Waals surface area contributed by atoms with Gasteiger partial charge >= 0.3 is 0 Å². The van der Waals surface area contributed by atoms with E-state index >= 15 is 0 Å². The van der Waals surface area contributed by atoms with Crippen molar-refractivity contribution >= 4 is 55.9 Å². The van der Waals surface area contributed by atoms with Gasteiger partial charge in [0.1, 0.15) is 17.2 Å². The van der Waals surface area contributed by atoms with Crippen LogP contribution in [-0.4, -0.2) is 9.55 Å². The van der Waals surface area contributed by atoms with Gasteiger partial charge in [-0.1, -0.05) is 198 Å². The van der Waals surface area contributed by atoms with Crippen LogP contribution in [0.25, 0.3) is 38.8 Å². The molecule has 0 fully saturated rings. The third-order valence-electron chi connectivity index (χ3n) is 14.7. The average molecular weight is 1150 g/mol. The summed E-state index contributed by atoms with van der Waals surface area (Å²) in [7, 11) is 0. The zero-order chi connectivity index (χ0) is 51.6. The fourth-order valence-electron chi connectivity index (χ4n) is 10.8. The Morgan fingerprint density at radius 2 is 1.15 bits per heavy atom. The first-order chi connectivity index (χ1) is 34.7. The second kappa shape index (κ2) is 20.0. The number of hydrogen-bond acceptors (Lipinski definition) is 3. The third-order valence-corrected chi connectivity index (χ3v) is 14.7. The van der Waals surface area contributed by atoms with E-state index in [2.05, 4.69) is 293 Å². The molecule has 0 bridgehead atoms. The molecule has 6 heteroatoms. The average Bonchev–Trinajstić information content (AvgIpc) is 3.98. The number of allylic oxidation sites excluding steroid dienone is 1. The summed E-state index contributed by atoms with van der Waals surface area (Å²) in [5.74, 6) is 1.57. The number of aromatic nitrogens is 2. The van der Waals surface area contributed by atoms with Gasteiger partial charge in [0.25, 0.3) is 0 Å². The Hall–Kier alpha value is -6.52. The van der Waals surface area contributed by atoms with Crippen molar-refractivity contribution in [2.24, 2.45) is 5.41 Å². The molecule has 0 saturated carbocycles. The van der Waals surface area contributed by atoms with Gasteiger partial charge in [-0.2, -0.15) is 6.07 Å². The van der Waals surface area contributed by atoms with E-state index in [4.69, 9.17) is 4.98 Å².